The molecule has 1 aliphatic rings. The normalized spacial score (nSPS) is 14.9. The summed E-state index contributed by atoms with van der Waals surface area (Å²) in [5, 5.41) is 0. The van der Waals surface area contributed by atoms with Gasteiger partial charge in [0.25, 0.3) is 0 Å². The second kappa shape index (κ2) is 7.85. The molecule has 2 aromatic carbocycles. The van der Waals surface area contributed by atoms with E-state index in [1.54, 1.807) is 0 Å². The van der Waals surface area contributed by atoms with Gasteiger partial charge in [-0.3, -0.25) is 0 Å². The largest absolute Gasteiger partial charge is 0.493 e. The maximum absolute atomic E-state index is 5.84. The molecule has 0 unspecified atom stereocenters. The van der Waals surface area contributed by atoms with Gasteiger partial charge in [-0.25, -0.2) is 0 Å². The van der Waals surface area contributed by atoms with Crippen molar-refractivity contribution >= 4 is 0 Å². The van der Waals surface area contributed by atoms with Crippen molar-refractivity contribution in [2.24, 2.45) is 0 Å². The van der Waals surface area contributed by atoms with Crippen LogP contribution in [0.3, 0.4) is 0 Å². The molecule has 0 aromatic heterocycles. The number of hydrogen-bond acceptors (Lipinski definition) is 3. The first kappa shape index (κ1) is 14.9. The van der Waals surface area contributed by atoms with Crippen molar-refractivity contribution in [3.8, 4) is 17.2 Å². The number of rotatable bonds is 7. The lowest BCUT2D eigenvalue weighted by molar-refractivity contribution is 0.263. The molecule has 0 N–H and O–H groups in total. The van der Waals surface area contributed by atoms with E-state index in [-0.39, 0.29) is 0 Å². The van der Waals surface area contributed by atoms with Crippen LogP contribution in [0.15, 0.2) is 54.6 Å². The van der Waals surface area contributed by atoms with E-state index < -0.39 is 0 Å². The van der Waals surface area contributed by atoms with E-state index in [0.717, 1.165) is 36.8 Å². The maximum atomic E-state index is 5.84. The van der Waals surface area contributed by atoms with Crippen LogP contribution in [0.5, 0.6) is 17.2 Å². The molecule has 1 saturated heterocycles. The lowest BCUT2D eigenvalue weighted by Gasteiger charge is -2.14. The lowest BCUT2D eigenvalue weighted by atomic mass is 10.3. The van der Waals surface area contributed by atoms with E-state index in [0.29, 0.717) is 0 Å². The first-order chi connectivity index (χ1) is 10.9. The Labute approximate surface area is 132 Å². The molecule has 3 heteroatoms. The second-order valence-corrected chi connectivity index (χ2v) is 5.64. The van der Waals surface area contributed by atoms with Gasteiger partial charge >= 0.3 is 0 Å². The molecule has 3 nitrogen and oxygen atoms in total. The van der Waals surface area contributed by atoms with Crippen LogP contribution >= 0.6 is 0 Å². The molecule has 3 rings (SSSR count). The molecule has 1 fully saturated rings. The molecule has 116 valence electrons. The van der Waals surface area contributed by atoms with Crippen molar-refractivity contribution in [1.29, 1.82) is 0 Å². The fourth-order valence-electron chi connectivity index (χ4n) is 2.74. The molecule has 0 radical (unpaired) electrons. The number of hydrogen-bond donors (Lipinski definition) is 0. The predicted molar refractivity (Wildman–Crippen MR) is 88.7 cm³/mol. The standard InChI is InChI=1S/C19H23NO2/c1-2-8-17(9-3-1)22-19-11-6-10-18(16-19)21-15-7-14-20-12-4-5-13-20/h1-3,6,8-11,16H,4-5,7,12-15H2. The van der Waals surface area contributed by atoms with Crippen LogP contribution in [0.4, 0.5) is 0 Å². The molecule has 22 heavy (non-hydrogen) atoms. The van der Waals surface area contributed by atoms with Crippen molar-refractivity contribution in [3.63, 3.8) is 0 Å². The molecule has 1 aliphatic heterocycles. The smallest absolute Gasteiger partial charge is 0.131 e. The highest BCUT2D eigenvalue weighted by Gasteiger charge is 2.10. The molecule has 0 aliphatic carbocycles. The van der Waals surface area contributed by atoms with Crippen LogP contribution in [0.25, 0.3) is 0 Å². The van der Waals surface area contributed by atoms with E-state index in [4.69, 9.17) is 9.47 Å². The molecule has 0 spiro atoms. The molecule has 0 amide bonds. The third-order valence-electron chi connectivity index (χ3n) is 3.87. The third kappa shape index (κ3) is 4.50. The van der Waals surface area contributed by atoms with E-state index in [9.17, 15) is 0 Å². The molecule has 0 atom stereocenters. The fraction of sp³-hybridized carbons (Fsp3) is 0.368. The highest BCUT2D eigenvalue weighted by molar-refractivity contribution is 5.36. The summed E-state index contributed by atoms with van der Waals surface area (Å²) in [5.41, 5.74) is 0. The predicted octanol–water partition coefficient (Wildman–Crippen LogP) is 4.34. The maximum Gasteiger partial charge on any atom is 0.131 e. The number of ether oxygens (including phenoxy) is 2. The van der Waals surface area contributed by atoms with Crippen LogP contribution in [-0.2, 0) is 0 Å². The van der Waals surface area contributed by atoms with Crippen molar-refractivity contribution in [2.45, 2.75) is 19.3 Å². The second-order valence-electron chi connectivity index (χ2n) is 5.64. The Kier molecular flexibility index (Phi) is 5.32. The molecular weight excluding hydrogens is 274 g/mol. The van der Waals surface area contributed by atoms with E-state index in [1.807, 2.05) is 54.6 Å². The molecular formula is C19H23NO2. The quantitative estimate of drug-likeness (QED) is 0.709. The van der Waals surface area contributed by atoms with E-state index >= 15 is 0 Å². The summed E-state index contributed by atoms with van der Waals surface area (Å²) in [7, 11) is 0. The van der Waals surface area contributed by atoms with Crippen LogP contribution in [0, 0.1) is 0 Å². The SMILES string of the molecule is c1ccc(Oc2cccc(OCCCN3CCCC3)c2)cc1. The third-order valence-corrected chi connectivity index (χ3v) is 3.87. The van der Waals surface area contributed by atoms with Crippen molar-refractivity contribution in [2.75, 3.05) is 26.2 Å². The number of para-hydroxylation sites is 1. The number of likely N-dealkylation sites (tertiary alicyclic amines) is 1. The van der Waals surface area contributed by atoms with Gasteiger partial charge in [0, 0.05) is 12.6 Å². The summed E-state index contributed by atoms with van der Waals surface area (Å²) in [4.78, 5) is 2.51. The van der Waals surface area contributed by atoms with E-state index in [2.05, 4.69) is 4.90 Å². The van der Waals surface area contributed by atoms with Crippen molar-refractivity contribution in [1.82, 2.24) is 4.90 Å². The van der Waals surface area contributed by atoms with Gasteiger partial charge in [0.15, 0.2) is 0 Å². The van der Waals surface area contributed by atoms with Crippen molar-refractivity contribution < 1.29 is 9.47 Å². The Morgan fingerprint density at radius 1 is 0.818 bits per heavy atom. The van der Waals surface area contributed by atoms with Gasteiger partial charge in [-0.05, 0) is 56.6 Å². The number of benzene rings is 2. The first-order valence-electron chi connectivity index (χ1n) is 8.08. The summed E-state index contributed by atoms with van der Waals surface area (Å²) in [5.74, 6) is 2.52. The van der Waals surface area contributed by atoms with Gasteiger partial charge < -0.3 is 14.4 Å². The van der Waals surface area contributed by atoms with Crippen LogP contribution in [-0.4, -0.2) is 31.1 Å². The fourth-order valence-corrected chi connectivity index (χ4v) is 2.74. The zero-order valence-electron chi connectivity index (χ0n) is 12.9. The Hall–Kier alpha value is -2.00. The minimum Gasteiger partial charge on any atom is -0.493 e. The van der Waals surface area contributed by atoms with Crippen molar-refractivity contribution in [3.05, 3.63) is 54.6 Å². The Balaban J connectivity index is 1.46. The monoisotopic (exact) mass is 297 g/mol. The summed E-state index contributed by atoms with van der Waals surface area (Å²) in [6.07, 6.45) is 3.77. The molecule has 2 aromatic rings. The Bertz CT molecular complexity index is 565. The van der Waals surface area contributed by atoms with Crippen LogP contribution < -0.4 is 9.47 Å². The average Bonchev–Trinajstić information content (AvgIpc) is 3.06. The highest BCUT2D eigenvalue weighted by atomic mass is 16.5. The minimum absolute atomic E-state index is 0.755. The summed E-state index contributed by atoms with van der Waals surface area (Å²) < 4.78 is 11.7. The van der Waals surface area contributed by atoms with Crippen LogP contribution in [0.2, 0.25) is 0 Å². The molecule has 0 saturated carbocycles. The van der Waals surface area contributed by atoms with Gasteiger partial charge in [-0.1, -0.05) is 24.3 Å². The molecule has 1 heterocycles. The summed E-state index contributed by atoms with van der Waals surface area (Å²) >= 11 is 0. The average molecular weight is 297 g/mol. The van der Waals surface area contributed by atoms with E-state index in [1.165, 1.54) is 25.9 Å². The first-order valence-corrected chi connectivity index (χ1v) is 8.08. The zero-order valence-corrected chi connectivity index (χ0v) is 12.9. The zero-order chi connectivity index (χ0) is 15.0. The van der Waals surface area contributed by atoms with Gasteiger partial charge in [0.05, 0.1) is 6.61 Å². The Morgan fingerprint density at radius 3 is 2.36 bits per heavy atom. The lowest BCUT2D eigenvalue weighted by Crippen LogP contribution is -2.21. The number of nitrogens with zero attached hydrogens (tertiary/aromatic N) is 1. The minimum atomic E-state index is 0.755. The van der Waals surface area contributed by atoms with Crippen LogP contribution in [0.1, 0.15) is 19.3 Å². The Morgan fingerprint density at radius 2 is 1.55 bits per heavy atom. The van der Waals surface area contributed by atoms with Gasteiger partial charge in [0.2, 0.25) is 0 Å². The van der Waals surface area contributed by atoms with Gasteiger partial charge in [-0.2, -0.15) is 0 Å². The summed E-state index contributed by atoms with van der Waals surface area (Å²) in [6.45, 7) is 4.40. The summed E-state index contributed by atoms with van der Waals surface area (Å²) in [6, 6.07) is 17.6. The van der Waals surface area contributed by atoms with Gasteiger partial charge in [-0.15, -0.1) is 0 Å². The van der Waals surface area contributed by atoms with Gasteiger partial charge in [0.1, 0.15) is 17.2 Å². The molecule has 0 bridgehead atoms. The highest BCUT2D eigenvalue weighted by Crippen LogP contribution is 2.25. The topological polar surface area (TPSA) is 21.7 Å².